The molecule has 1 aromatic carbocycles. The van der Waals surface area contributed by atoms with Gasteiger partial charge in [0.15, 0.2) is 0 Å². The van der Waals surface area contributed by atoms with Gasteiger partial charge in [0.25, 0.3) is 0 Å². The summed E-state index contributed by atoms with van der Waals surface area (Å²) in [7, 11) is 0. The Bertz CT molecular complexity index is 427. The van der Waals surface area contributed by atoms with Crippen LogP contribution in [0.25, 0.3) is 0 Å². The number of piperidine rings is 1. The van der Waals surface area contributed by atoms with Crippen LogP contribution in [0.4, 0.5) is 0 Å². The Labute approximate surface area is 110 Å². The molecule has 0 amide bonds. The fourth-order valence-electron chi connectivity index (χ4n) is 3.41. The molecule has 0 radical (unpaired) electrons. The molecule has 2 aliphatic heterocycles. The Morgan fingerprint density at radius 3 is 2.83 bits per heavy atom. The van der Waals surface area contributed by atoms with Crippen molar-refractivity contribution in [3.05, 3.63) is 34.9 Å². The summed E-state index contributed by atoms with van der Waals surface area (Å²) >= 11 is 0. The minimum atomic E-state index is 0.894. The highest BCUT2D eigenvalue weighted by molar-refractivity contribution is 5.29. The summed E-state index contributed by atoms with van der Waals surface area (Å²) in [5, 5.41) is 3.54. The highest BCUT2D eigenvalue weighted by Gasteiger charge is 2.32. The highest BCUT2D eigenvalue weighted by atomic mass is 15.1. The van der Waals surface area contributed by atoms with Gasteiger partial charge in [-0.2, -0.15) is 0 Å². The van der Waals surface area contributed by atoms with E-state index in [2.05, 4.69) is 42.3 Å². The molecule has 18 heavy (non-hydrogen) atoms. The Kier molecular flexibility index (Phi) is 3.40. The lowest BCUT2D eigenvalue weighted by molar-refractivity contribution is 0.142. The van der Waals surface area contributed by atoms with Crippen molar-refractivity contribution in [3.63, 3.8) is 0 Å². The van der Waals surface area contributed by atoms with Gasteiger partial charge in [-0.05, 0) is 68.4 Å². The third-order valence-corrected chi connectivity index (χ3v) is 4.77. The van der Waals surface area contributed by atoms with Gasteiger partial charge in [0.05, 0.1) is 0 Å². The lowest BCUT2D eigenvalue weighted by Crippen LogP contribution is -2.39. The van der Waals surface area contributed by atoms with Crippen molar-refractivity contribution >= 4 is 0 Å². The maximum Gasteiger partial charge on any atom is 0.0233 e. The van der Waals surface area contributed by atoms with Crippen LogP contribution in [0.15, 0.2) is 18.2 Å². The first-order chi connectivity index (χ1) is 8.72. The van der Waals surface area contributed by atoms with E-state index in [9.17, 15) is 0 Å². The molecule has 1 N–H and O–H groups in total. The molecule has 2 heterocycles. The van der Waals surface area contributed by atoms with E-state index in [1.54, 1.807) is 0 Å². The molecule has 0 saturated carbocycles. The normalized spacial score (nSPS) is 28.3. The Balaban J connectivity index is 1.64. The number of hydrogen-bond donors (Lipinski definition) is 1. The maximum atomic E-state index is 3.54. The summed E-state index contributed by atoms with van der Waals surface area (Å²) in [5.74, 6) is 1.84. The zero-order valence-corrected chi connectivity index (χ0v) is 11.6. The Morgan fingerprint density at radius 1 is 1.17 bits per heavy atom. The van der Waals surface area contributed by atoms with Crippen LogP contribution in [0.5, 0.6) is 0 Å². The molecule has 1 aromatic rings. The van der Waals surface area contributed by atoms with Crippen LogP contribution >= 0.6 is 0 Å². The van der Waals surface area contributed by atoms with Crippen molar-refractivity contribution in [2.45, 2.75) is 26.8 Å². The lowest BCUT2D eigenvalue weighted by atomic mass is 9.88. The van der Waals surface area contributed by atoms with E-state index in [-0.39, 0.29) is 0 Å². The summed E-state index contributed by atoms with van der Waals surface area (Å²) in [5.41, 5.74) is 4.30. The number of benzene rings is 1. The number of nitrogens with one attached hydrogen (secondary N) is 1. The van der Waals surface area contributed by atoms with Gasteiger partial charge in [-0.15, -0.1) is 0 Å². The Hall–Kier alpha value is -0.860. The van der Waals surface area contributed by atoms with Gasteiger partial charge in [0.1, 0.15) is 0 Å². The number of rotatable bonds is 2. The van der Waals surface area contributed by atoms with Crippen molar-refractivity contribution < 1.29 is 0 Å². The Morgan fingerprint density at radius 2 is 2.00 bits per heavy atom. The summed E-state index contributed by atoms with van der Waals surface area (Å²) in [6.45, 7) is 10.6. The van der Waals surface area contributed by atoms with Crippen LogP contribution in [-0.2, 0) is 6.54 Å². The van der Waals surface area contributed by atoms with Gasteiger partial charge in [0.2, 0.25) is 0 Å². The number of aryl methyl sites for hydroxylation is 2. The van der Waals surface area contributed by atoms with Gasteiger partial charge < -0.3 is 5.32 Å². The molecule has 2 saturated heterocycles. The van der Waals surface area contributed by atoms with Crippen LogP contribution in [0.3, 0.4) is 0 Å². The van der Waals surface area contributed by atoms with Gasteiger partial charge in [-0.25, -0.2) is 0 Å². The molecule has 0 spiro atoms. The van der Waals surface area contributed by atoms with E-state index in [1.807, 2.05) is 0 Å². The average molecular weight is 244 g/mol. The number of fused-ring (bicyclic) bond motifs is 1. The molecular weight excluding hydrogens is 220 g/mol. The predicted molar refractivity (Wildman–Crippen MR) is 75.7 cm³/mol. The van der Waals surface area contributed by atoms with Crippen molar-refractivity contribution in [3.8, 4) is 0 Å². The summed E-state index contributed by atoms with van der Waals surface area (Å²) in [6.07, 6.45) is 1.38. The molecule has 2 heteroatoms. The van der Waals surface area contributed by atoms with Crippen LogP contribution in [0.1, 0.15) is 23.1 Å². The van der Waals surface area contributed by atoms with Gasteiger partial charge >= 0.3 is 0 Å². The van der Waals surface area contributed by atoms with Gasteiger partial charge in [-0.3, -0.25) is 4.90 Å². The van der Waals surface area contributed by atoms with Crippen LogP contribution in [0, 0.1) is 25.7 Å². The van der Waals surface area contributed by atoms with Gasteiger partial charge in [0, 0.05) is 13.1 Å². The zero-order valence-electron chi connectivity index (χ0n) is 11.6. The second-order valence-electron chi connectivity index (χ2n) is 6.12. The third kappa shape index (κ3) is 2.45. The summed E-state index contributed by atoms with van der Waals surface area (Å²) < 4.78 is 0. The SMILES string of the molecule is Cc1ccc(CN2CCC3CNCC3C2)cc1C. The zero-order chi connectivity index (χ0) is 12.5. The molecular formula is C16H24N2. The van der Waals surface area contributed by atoms with Crippen molar-refractivity contribution in [1.82, 2.24) is 10.2 Å². The molecule has 0 aromatic heterocycles. The topological polar surface area (TPSA) is 15.3 Å². The van der Waals surface area contributed by atoms with Crippen LogP contribution in [0.2, 0.25) is 0 Å². The molecule has 98 valence electrons. The van der Waals surface area contributed by atoms with E-state index in [0.29, 0.717) is 0 Å². The van der Waals surface area contributed by atoms with E-state index < -0.39 is 0 Å². The molecule has 2 atom stereocenters. The highest BCUT2D eigenvalue weighted by Crippen LogP contribution is 2.27. The van der Waals surface area contributed by atoms with Crippen LogP contribution < -0.4 is 5.32 Å². The first kappa shape index (κ1) is 12.2. The fourth-order valence-corrected chi connectivity index (χ4v) is 3.41. The smallest absolute Gasteiger partial charge is 0.0233 e. The predicted octanol–water partition coefficient (Wildman–Crippen LogP) is 2.34. The molecule has 2 nitrogen and oxygen atoms in total. The van der Waals surface area contributed by atoms with E-state index in [4.69, 9.17) is 0 Å². The monoisotopic (exact) mass is 244 g/mol. The maximum absolute atomic E-state index is 3.54. The van der Waals surface area contributed by atoms with Crippen molar-refractivity contribution in [2.75, 3.05) is 26.2 Å². The summed E-state index contributed by atoms with van der Waals surface area (Å²) in [4.78, 5) is 2.64. The number of likely N-dealkylation sites (tertiary alicyclic amines) is 1. The fraction of sp³-hybridized carbons (Fsp3) is 0.625. The first-order valence-electron chi connectivity index (χ1n) is 7.21. The van der Waals surface area contributed by atoms with Crippen molar-refractivity contribution in [2.24, 2.45) is 11.8 Å². The van der Waals surface area contributed by atoms with E-state index >= 15 is 0 Å². The lowest BCUT2D eigenvalue weighted by Gasteiger charge is -2.34. The minimum absolute atomic E-state index is 0.894. The molecule has 2 aliphatic rings. The quantitative estimate of drug-likeness (QED) is 0.859. The standard InChI is InChI=1S/C16H24N2/c1-12-3-4-14(7-13(12)2)10-18-6-5-15-8-17-9-16(15)11-18/h3-4,7,15-17H,5-6,8-11H2,1-2H3. The first-order valence-corrected chi connectivity index (χ1v) is 7.21. The molecule has 0 bridgehead atoms. The van der Waals surface area contributed by atoms with E-state index in [0.717, 1.165) is 18.4 Å². The second-order valence-corrected chi connectivity index (χ2v) is 6.12. The molecule has 2 unspecified atom stereocenters. The average Bonchev–Trinajstić information content (AvgIpc) is 2.81. The largest absolute Gasteiger partial charge is 0.316 e. The van der Waals surface area contributed by atoms with Crippen molar-refractivity contribution in [1.29, 1.82) is 0 Å². The molecule has 3 rings (SSSR count). The molecule has 2 fully saturated rings. The second kappa shape index (κ2) is 5.02. The minimum Gasteiger partial charge on any atom is -0.316 e. The molecule has 0 aliphatic carbocycles. The summed E-state index contributed by atoms with van der Waals surface area (Å²) in [6, 6.07) is 6.91. The van der Waals surface area contributed by atoms with Crippen LogP contribution in [-0.4, -0.2) is 31.1 Å². The van der Waals surface area contributed by atoms with E-state index in [1.165, 1.54) is 49.3 Å². The number of hydrogen-bond acceptors (Lipinski definition) is 2. The third-order valence-electron chi connectivity index (χ3n) is 4.77. The van der Waals surface area contributed by atoms with Gasteiger partial charge in [-0.1, -0.05) is 18.2 Å². The number of nitrogens with zero attached hydrogens (tertiary/aromatic N) is 1.